The molecule has 1 amide bonds. The number of Topliss-reactive ketones (excluding diaryl/α,β-unsaturated/α-hetero) is 1. The van der Waals surface area contributed by atoms with Gasteiger partial charge in [0, 0.05) is 23.7 Å². The van der Waals surface area contributed by atoms with E-state index in [0.717, 1.165) is 11.1 Å². The lowest BCUT2D eigenvalue weighted by molar-refractivity contribution is -0.117. The Balaban J connectivity index is 1.59. The number of benzene rings is 2. The molecule has 0 aromatic heterocycles. The van der Waals surface area contributed by atoms with E-state index in [4.69, 9.17) is 9.47 Å². The summed E-state index contributed by atoms with van der Waals surface area (Å²) in [7, 11) is 0. The van der Waals surface area contributed by atoms with E-state index in [-0.39, 0.29) is 18.1 Å². The first-order valence-electron chi connectivity index (χ1n) is 7.97. The Bertz CT molecular complexity index is 843. The van der Waals surface area contributed by atoms with Crippen LogP contribution in [0.5, 0.6) is 11.5 Å². The Kier molecular flexibility index (Phi) is 3.49. The molecule has 0 saturated carbocycles. The number of aryl methyl sites for hydroxylation is 1. The maximum atomic E-state index is 12.7. The molecule has 2 aromatic rings. The molecule has 0 spiro atoms. The minimum absolute atomic E-state index is 0.0241. The van der Waals surface area contributed by atoms with Gasteiger partial charge in [0.1, 0.15) is 13.2 Å². The van der Waals surface area contributed by atoms with Crippen LogP contribution in [-0.4, -0.2) is 24.9 Å². The number of rotatable bonds is 2. The van der Waals surface area contributed by atoms with Crippen LogP contribution >= 0.6 is 0 Å². The minimum Gasteiger partial charge on any atom is -0.486 e. The van der Waals surface area contributed by atoms with Crippen molar-refractivity contribution in [2.24, 2.45) is 0 Å². The lowest BCUT2D eigenvalue weighted by Gasteiger charge is -2.19. The van der Waals surface area contributed by atoms with Crippen LogP contribution in [0, 0.1) is 6.92 Å². The van der Waals surface area contributed by atoms with Crippen LogP contribution in [0.25, 0.3) is 0 Å². The van der Waals surface area contributed by atoms with E-state index in [1.165, 1.54) is 0 Å². The zero-order valence-corrected chi connectivity index (χ0v) is 13.3. The Morgan fingerprint density at radius 2 is 1.92 bits per heavy atom. The molecule has 24 heavy (non-hydrogen) atoms. The zero-order chi connectivity index (χ0) is 16.7. The van der Waals surface area contributed by atoms with E-state index in [9.17, 15) is 9.59 Å². The van der Waals surface area contributed by atoms with E-state index >= 15 is 0 Å². The molecule has 2 aliphatic rings. The van der Waals surface area contributed by atoms with E-state index < -0.39 is 5.92 Å². The lowest BCUT2D eigenvalue weighted by atomic mass is 9.96. The van der Waals surface area contributed by atoms with Crippen molar-refractivity contribution in [3.8, 4) is 11.5 Å². The highest BCUT2D eigenvalue weighted by Crippen LogP contribution is 2.37. The Labute approximate surface area is 139 Å². The number of hydrogen-bond donors (Lipinski definition) is 1. The molecule has 5 heteroatoms. The van der Waals surface area contributed by atoms with E-state index in [2.05, 4.69) is 5.32 Å². The van der Waals surface area contributed by atoms with Gasteiger partial charge in [0.2, 0.25) is 5.91 Å². The van der Waals surface area contributed by atoms with Gasteiger partial charge in [0.05, 0.1) is 5.92 Å². The van der Waals surface area contributed by atoms with Gasteiger partial charge < -0.3 is 14.8 Å². The van der Waals surface area contributed by atoms with E-state index in [0.29, 0.717) is 36.0 Å². The maximum Gasteiger partial charge on any atom is 0.232 e. The van der Waals surface area contributed by atoms with Crippen molar-refractivity contribution in [3.05, 3.63) is 53.1 Å². The third-order valence-electron chi connectivity index (χ3n) is 4.49. The predicted molar refractivity (Wildman–Crippen MR) is 88.9 cm³/mol. The number of carbonyl (C=O) groups is 2. The summed E-state index contributed by atoms with van der Waals surface area (Å²) in [4.78, 5) is 24.9. The molecular formula is C19H17NO4. The van der Waals surface area contributed by atoms with Crippen molar-refractivity contribution in [2.75, 3.05) is 18.5 Å². The molecule has 1 unspecified atom stereocenters. The summed E-state index contributed by atoms with van der Waals surface area (Å²) in [6.45, 7) is 2.95. The fourth-order valence-corrected chi connectivity index (χ4v) is 3.36. The summed E-state index contributed by atoms with van der Waals surface area (Å²) in [5, 5.41) is 2.90. The molecular weight excluding hydrogens is 306 g/mol. The molecule has 0 bridgehead atoms. The SMILES string of the molecule is Cc1cccc2c1C(C(=O)Nc1ccc3c(c1)OCCO3)CC2=O. The van der Waals surface area contributed by atoms with Crippen molar-refractivity contribution in [3.63, 3.8) is 0 Å². The van der Waals surface area contributed by atoms with E-state index in [1.807, 2.05) is 19.1 Å². The molecule has 1 aliphatic heterocycles. The molecule has 0 radical (unpaired) electrons. The topological polar surface area (TPSA) is 64.6 Å². The first-order chi connectivity index (χ1) is 11.6. The quantitative estimate of drug-likeness (QED) is 0.922. The summed E-state index contributed by atoms with van der Waals surface area (Å²) in [6.07, 6.45) is 0.219. The van der Waals surface area contributed by atoms with Gasteiger partial charge in [0.15, 0.2) is 17.3 Å². The number of hydrogen-bond acceptors (Lipinski definition) is 4. The van der Waals surface area contributed by atoms with Gasteiger partial charge in [-0.2, -0.15) is 0 Å². The van der Waals surface area contributed by atoms with Crippen molar-refractivity contribution in [1.82, 2.24) is 0 Å². The molecule has 122 valence electrons. The molecule has 1 heterocycles. The van der Waals surface area contributed by atoms with Crippen LogP contribution in [0.2, 0.25) is 0 Å². The van der Waals surface area contributed by atoms with Gasteiger partial charge in [-0.15, -0.1) is 0 Å². The first kappa shape index (κ1) is 14.8. The number of carbonyl (C=O) groups excluding carboxylic acids is 2. The standard InChI is InChI=1S/C19H17NO4/c1-11-3-2-4-13-15(21)10-14(18(11)13)19(22)20-12-5-6-16-17(9-12)24-8-7-23-16/h2-6,9,14H,7-8,10H2,1H3,(H,20,22). The van der Waals surface area contributed by atoms with Crippen LogP contribution in [0.15, 0.2) is 36.4 Å². The van der Waals surface area contributed by atoms with Crippen molar-refractivity contribution in [1.29, 1.82) is 0 Å². The highest BCUT2D eigenvalue weighted by molar-refractivity contribution is 6.09. The maximum absolute atomic E-state index is 12.7. The van der Waals surface area contributed by atoms with Crippen LogP contribution in [0.4, 0.5) is 5.69 Å². The van der Waals surface area contributed by atoms with Gasteiger partial charge in [-0.3, -0.25) is 9.59 Å². The van der Waals surface area contributed by atoms with Crippen LogP contribution in [0.3, 0.4) is 0 Å². The number of nitrogens with one attached hydrogen (secondary N) is 1. The fraction of sp³-hybridized carbons (Fsp3) is 0.263. The minimum atomic E-state index is -0.443. The summed E-state index contributed by atoms with van der Waals surface area (Å²) in [5.41, 5.74) is 3.12. The van der Waals surface area contributed by atoms with Crippen molar-refractivity contribution in [2.45, 2.75) is 19.3 Å². The van der Waals surface area contributed by atoms with Gasteiger partial charge in [-0.25, -0.2) is 0 Å². The average molecular weight is 323 g/mol. The van der Waals surface area contributed by atoms with Gasteiger partial charge in [0.25, 0.3) is 0 Å². The molecule has 1 aliphatic carbocycles. The molecule has 0 saturated heterocycles. The largest absolute Gasteiger partial charge is 0.486 e. The lowest BCUT2D eigenvalue weighted by Crippen LogP contribution is -2.21. The number of ketones is 1. The highest BCUT2D eigenvalue weighted by Gasteiger charge is 2.35. The summed E-state index contributed by atoms with van der Waals surface area (Å²) in [6, 6.07) is 10.9. The van der Waals surface area contributed by atoms with Gasteiger partial charge >= 0.3 is 0 Å². The van der Waals surface area contributed by atoms with E-state index in [1.54, 1.807) is 24.3 Å². The van der Waals surface area contributed by atoms with Gasteiger partial charge in [-0.1, -0.05) is 18.2 Å². The number of anilines is 1. The molecule has 2 aromatic carbocycles. The average Bonchev–Trinajstić information content (AvgIpc) is 2.93. The van der Waals surface area contributed by atoms with Crippen LogP contribution in [0.1, 0.15) is 33.8 Å². The Hall–Kier alpha value is -2.82. The number of fused-ring (bicyclic) bond motifs is 2. The second kappa shape index (κ2) is 5.67. The third-order valence-corrected chi connectivity index (χ3v) is 4.49. The fourth-order valence-electron chi connectivity index (χ4n) is 3.36. The first-order valence-corrected chi connectivity index (χ1v) is 7.97. The number of amides is 1. The summed E-state index contributed by atoms with van der Waals surface area (Å²) in [5.74, 6) is 0.709. The summed E-state index contributed by atoms with van der Waals surface area (Å²) >= 11 is 0. The van der Waals surface area contributed by atoms with Crippen molar-refractivity contribution < 1.29 is 19.1 Å². The molecule has 4 rings (SSSR count). The second-order valence-corrected chi connectivity index (χ2v) is 6.06. The molecule has 1 atom stereocenters. The summed E-state index contributed by atoms with van der Waals surface area (Å²) < 4.78 is 11.0. The van der Waals surface area contributed by atoms with Gasteiger partial charge in [-0.05, 0) is 30.2 Å². The molecule has 1 N–H and O–H groups in total. The molecule has 0 fully saturated rings. The molecule has 5 nitrogen and oxygen atoms in total. The normalized spacial score (nSPS) is 18.2. The Morgan fingerprint density at radius 1 is 1.12 bits per heavy atom. The monoisotopic (exact) mass is 323 g/mol. The number of ether oxygens (including phenoxy) is 2. The third kappa shape index (κ3) is 2.42. The zero-order valence-electron chi connectivity index (χ0n) is 13.3. The second-order valence-electron chi connectivity index (χ2n) is 6.06. The smallest absolute Gasteiger partial charge is 0.232 e. The predicted octanol–water partition coefficient (Wildman–Crippen LogP) is 3.07. The van der Waals surface area contributed by atoms with Crippen LogP contribution in [-0.2, 0) is 4.79 Å². The highest BCUT2D eigenvalue weighted by atomic mass is 16.6. The van der Waals surface area contributed by atoms with Crippen molar-refractivity contribution >= 4 is 17.4 Å². The Morgan fingerprint density at radius 3 is 2.75 bits per heavy atom. The van der Waals surface area contributed by atoms with Crippen LogP contribution < -0.4 is 14.8 Å².